The first-order valence-corrected chi connectivity index (χ1v) is 14.8. The van der Waals surface area contributed by atoms with Gasteiger partial charge in [-0.05, 0) is 37.5 Å². The first-order valence-electron chi connectivity index (χ1n) is 12.7. The zero-order valence-corrected chi connectivity index (χ0v) is 21.9. The molecule has 0 unspecified atom stereocenters. The van der Waals surface area contributed by atoms with Gasteiger partial charge in [0.1, 0.15) is 24.4 Å². The van der Waals surface area contributed by atoms with E-state index in [9.17, 15) is 17.7 Å². The summed E-state index contributed by atoms with van der Waals surface area (Å²) in [5, 5.41) is 6.80. The number of rotatable bonds is 9. The van der Waals surface area contributed by atoms with Crippen molar-refractivity contribution in [3.05, 3.63) is 30.0 Å². The first kappa shape index (κ1) is 25.9. The van der Waals surface area contributed by atoms with Gasteiger partial charge < -0.3 is 24.9 Å². The van der Waals surface area contributed by atoms with E-state index < -0.39 is 18.9 Å². The molecule has 3 aromatic rings. The molecule has 37 heavy (non-hydrogen) atoms. The molecule has 1 aromatic carbocycles. The van der Waals surface area contributed by atoms with Crippen LogP contribution in [0.1, 0.15) is 38.2 Å². The SMILES string of the molecule is CCCCNc1nc(Nc2ccc(P3(=O)CCN(C4CC4)CC3)cc2OC)nc2[nH]cc(C(F)(F)F)c12. The number of alkyl halides is 3. The smallest absolute Gasteiger partial charge is 0.418 e. The highest BCUT2D eigenvalue weighted by molar-refractivity contribution is 7.71. The number of nitrogens with one attached hydrogen (secondary N) is 3. The van der Waals surface area contributed by atoms with Crippen LogP contribution >= 0.6 is 7.14 Å². The second-order valence-corrected chi connectivity index (χ2v) is 12.9. The van der Waals surface area contributed by atoms with Gasteiger partial charge >= 0.3 is 6.18 Å². The van der Waals surface area contributed by atoms with Crippen LogP contribution in [-0.2, 0) is 10.7 Å². The van der Waals surface area contributed by atoms with Gasteiger partial charge in [-0.3, -0.25) is 4.90 Å². The molecule has 0 bridgehead atoms. The number of H-pyrrole nitrogens is 1. The maximum absolute atomic E-state index is 13.7. The van der Waals surface area contributed by atoms with Crippen LogP contribution in [0.5, 0.6) is 5.75 Å². The molecule has 5 rings (SSSR count). The van der Waals surface area contributed by atoms with Crippen molar-refractivity contribution in [1.29, 1.82) is 0 Å². The lowest BCUT2D eigenvalue weighted by molar-refractivity contribution is -0.136. The van der Waals surface area contributed by atoms with Crippen LogP contribution in [0.25, 0.3) is 11.0 Å². The zero-order valence-electron chi connectivity index (χ0n) is 21.0. The molecule has 0 radical (unpaired) electrons. The van der Waals surface area contributed by atoms with E-state index in [1.165, 1.54) is 20.0 Å². The lowest BCUT2D eigenvalue weighted by Crippen LogP contribution is -2.38. The Morgan fingerprint density at radius 3 is 2.62 bits per heavy atom. The van der Waals surface area contributed by atoms with Crippen LogP contribution in [0, 0.1) is 0 Å². The third-order valence-electron chi connectivity index (χ3n) is 7.12. The van der Waals surface area contributed by atoms with Crippen LogP contribution in [0.2, 0.25) is 0 Å². The van der Waals surface area contributed by atoms with E-state index >= 15 is 0 Å². The highest BCUT2D eigenvalue weighted by atomic mass is 31.2. The lowest BCUT2D eigenvalue weighted by Gasteiger charge is -2.32. The minimum atomic E-state index is -4.54. The van der Waals surface area contributed by atoms with Crippen molar-refractivity contribution < 1.29 is 22.5 Å². The number of aromatic amines is 1. The fourth-order valence-electron chi connectivity index (χ4n) is 4.85. The molecule has 0 amide bonds. The summed E-state index contributed by atoms with van der Waals surface area (Å²) in [6.45, 7) is 4.18. The van der Waals surface area contributed by atoms with Crippen molar-refractivity contribution in [2.24, 2.45) is 0 Å². The number of fused-ring (bicyclic) bond motifs is 1. The standard InChI is InChI=1S/C25H32F3N6O2P/c1-3-4-9-29-22-21-18(25(26,27)28)15-30-23(21)33-24(32-22)31-19-8-7-17(14-20(19)36-2)37(35)12-10-34(11-13-37)16-5-6-16/h7-8,14-16H,3-6,9-13H2,1-2H3,(H3,29,30,31,32,33). The van der Waals surface area contributed by atoms with Crippen LogP contribution in [-0.4, -0.2) is 65.0 Å². The summed E-state index contributed by atoms with van der Waals surface area (Å²) in [7, 11) is -1.00. The average molecular weight is 537 g/mol. The van der Waals surface area contributed by atoms with Gasteiger partial charge in [-0.25, -0.2) is 0 Å². The quantitative estimate of drug-likeness (QED) is 0.249. The van der Waals surface area contributed by atoms with Crippen molar-refractivity contribution in [3.63, 3.8) is 0 Å². The number of hydrogen-bond acceptors (Lipinski definition) is 7. The Labute approximate surface area is 213 Å². The number of unbranched alkanes of at least 4 members (excludes halogenated alkanes) is 1. The van der Waals surface area contributed by atoms with Gasteiger partial charge in [0.2, 0.25) is 5.95 Å². The van der Waals surface area contributed by atoms with E-state index in [0.717, 1.165) is 37.4 Å². The molecule has 0 spiro atoms. The molecule has 3 heterocycles. The number of nitrogens with zero attached hydrogens (tertiary/aromatic N) is 3. The predicted molar refractivity (Wildman–Crippen MR) is 140 cm³/mol. The molecule has 12 heteroatoms. The second kappa shape index (κ2) is 10.2. The molecular formula is C25H32F3N6O2P. The maximum atomic E-state index is 13.7. The fraction of sp³-hybridized carbons (Fsp3) is 0.520. The van der Waals surface area contributed by atoms with E-state index in [4.69, 9.17) is 4.74 Å². The Balaban J connectivity index is 1.42. The number of aromatic nitrogens is 3. The molecule has 2 fully saturated rings. The van der Waals surface area contributed by atoms with Crippen molar-refractivity contribution in [1.82, 2.24) is 19.9 Å². The molecule has 200 valence electrons. The third kappa shape index (κ3) is 5.43. The highest BCUT2D eigenvalue weighted by Crippen LogP contribution is 2.49. The van der Waals surface area contributed by atoms with Crippen LogP contribution in [0.4, 0.5) is 30.6 Å². The molecule has 3 N–H and O–H groups in total. The number of hydrogen-bond donors (Lipinski definition) is 3. The summed E-state index contributed by atoms with van der Waals surface area (Å²) in [5.41, 5.74) is -0.199. The second-order valence-electron chi connectivity index (χ2n) is 9.71. The monoisotopic (exact) mass is 536 g/mol. The molecule has 1 saturated carbocycles. The Morgan fingerprint density at radius 2 is 1.97 bits per heavy atom. The van der Waals surface area contributed by atoms with E-state index in [2.05, 4.69) is 30.5 Å². The molecule has 8 nitrogen and oxygen atoms in total. The van der Waals surface area contributed by atoms with Crippen LogP contribution in [0.15, 0.2) is 24.4 Å². The first-order chi connectivity index (χ1) is 17.7. The molecule has 1 aliphatic heterocycles. The Hall–Kier alpha value is -2.78. The largest absolute Gasteiger partial charge is 0.495 e. The number of halogens is 3. The summed E-state index contributed by atoms with van der Waals surface area (Å²) in [5.74, 6) is 0.707. The van der Waals surface area contributed by atoms with Crippen molar-refractivity contribution in [2.75, 3.05) is 49.7 Å². The molecule has 1 aliphatic carbocycles. The average Bonchev–Trinajstić information content (AvgIpc) is 3.62. The Morgan fingerprint density at radius 1 is 1.22 bits per heavy atom. The summed E-state index contributed by atoms with van der Waals surface area (Å²) < 4.78 is 60.1. The van der Waals surface area contributed by atoms with Gasteiger partial charge in [-0.1, -0.05) is 13.3 Å². The van der Waals surface area contributed by atoms with Gasteiger partial charge in [0.25, 0.3) is 0 Å². The Bertz CT molecular complexity index is 1310. The van der Waals surface area contributed by atoms with E-state index in [1.807, 2.05) is 13.0 Å². The van der Waals surface area contributed by atoms with Gasteiger partial charge in [-0.15, -0.1) is 0 Å². The summed E-state index contributed by atoms with van der Waals surface area (Å²) in [6, 6.07) is 6.08. The molecular weight excluding hydrogens is 504 g/mol. The van der Waals surface area contributed by atoms with Gasteiger partial charge in [0, 0.05) is 49.5 Å². The number of anilines is 3. The highest BCUT2D eigenvalue weighted by Gasteiger charge is 2.37. The molecule has 2 aromatic heterocycles. The van der Waals surface area contributed by atoms with Crippen molar-refractivity contribution in [3.8, 4) is 5.75 Å². The number of ether oxygens (including phenoxy) is 1. The predicted octanol–water partition coefficient (Wildman–Crippen LogP) is 5.41. The van der Waals surface area contributed by atoms with Gasteiger partial charge in [0.15, 0.2) is 0 Å². The minimum Gasteiger partial charge on any atom is -0.495 e. The molecule has 0 atom stereocenters. The van der Waals surface area contributed by atoms with Crippen molar-refractivity contribution >= 4 is 40.9 Å². The van der Waals surface area contributed by atoms with Crippen LogP contribution in [0.3, 0.4) is 0 Å². The van der Waals surface area contributed by atoms with Gasteiger partial charge in [0.05, 0.1) is 23.7 Å². The molecule has 1 saturated heterocycles. The maximum Gasteiger partial charge on any atom is 0.418 e. The Kier molecular flexibility index (Phi) is 7.11. The van der Waals surface area contributed by atoms with E-state index in [-0.39, 0.29) is 22.8 Å². The summed E-state index contributed by atoms with van der Waals surface area (Å²) in [4.78, 5) is 13.7. The minimum absolute atomic E-state index is 0.0753. The molecule has 2 aliphatic rings. The zero-order chi connectivity index (χ0) is 26.2. The summed E-state index contributed by atoms with van der Waals surface area (Å²) >= 11 is 0. The topological polar surface area (TPSA) is 95.2 Å². The fourth-order valence-corrected chi connectivity index (χ4v) is 7.45. The van der Waals surface area contributed by atoms with E-state index in [0.29, 0.717) is 36.3 Å². The van der Waals surface area contributed by atoms with E-state index in [1.54, 1.807) is 12.1 Å². The number of methoxy groups -OCH3 is 1. The summed E-state index contributed by atoms with van der Waals surface area (Å²) in [6.07, 6.45) is 1.83. The van der Waals surface area contributed by atoms with Gasteiger partial charge in [-0.2, -0.15) is 23.1 Å². The number of benzene rings is 1. The van der Waals surface area contributed by atoms with Crippen LogP contribution < -0.4 is 20.7 Å². The normalized spacial score (nSPS) is 18.2. The third-order valence-corrected chi connectivity index (χ3v) is 10.2. The van der Waals surface area contributed by atoms with Crippen molar-refractivity contribution in [2.45, 2.75) is 44.8 Å². The lowest BCUT2D eigenvalue weighted by atomic mass is 10.2.